The normalized spacial score (nSPS) is 11.1. The second kappa shape index (κ2) is 5.82. The van der Waals surface area contributed by atoms with Crippen LogP contribution in [-0.2, 0) is 10.0 Å². The molecule has 0 amide bonds. The monoisotopic (exact) mass is 370 g/mol. The fraction of sp³-hybridized carbons (Fsp3) is 0.0769. The molecule has 110 valence electrons. The number of rotatable bonds is 4. The molecule has 0 fully saturated rings. The van der Waals surface area contributed by atoms with Gasteiger partial charge in [-0.2, -0.15) is 0 Å². The highest BCUT2D eigenvalue weighted by molar-refractivity contribution is 9.10. The SMILES string of the molecule is Cc1cnccc1NS(=O)(=O)c1cc(C(=O)O)ccc1Br. The molecular weight excluding hydrogens is 360 g/mol. The summed E-state index contributed by atoms with van der Waals surface area (Å²) < 4.78 is 27.5. The number of pyridine rings is 1. The average Bonchev–Trinajstić information content (AvgIpc) is 2.41. The number of anilines is 1. The molecule has 0 aliphatic carbocycles. The Balaban J connectivity index is 2.47. The minimum absolute atomic E-state index is 0.106. The van der Waals surface area contributed by atoms with E-state index in [0.717, 1.165) is 6.07 Å². The van der Waals surface area contributed by atoms with Crippen LogP contribution in [0.15, 0.2) is 46.0 Å². The first-order valence-corrected chi connectivity index (χ1v) is 8.05. The van der Waals surface area contributed by atoms with Crippen molar-refractivity contribution in [1.82, 2.24) is 4.98 Å². The zero-order chi connectivity index (χ0) is 15.6. The standard InChI is InChI=1S/C13H11BrN2O4S/c1-8-7-15-5-4-11(8)16-21(19,20)12-6-9(13(17)18)2-3-10(12)14/h2-7H,1H3,(H,15,16)(H,17,18). The molecule has 0 radical (unpaired) electrons. The Labute approximate surface area is 130 Å². The van der Waals surface area contributed by atoms with Crippen LogP contribution in [0.4, 0.5) is 5.69 Å². The van der Waals surface area contributed by atoms with Gasteiger partial charge in [0.15, 0.2) is 0 Å². The summed E-state index contributed by atoms with van der Waals surface area (Å²) in [4.78, 5) is 14.7. The van der Waals surface area contributed by atoms with E-state index in [4.69, 9.17) is 5.11 Å². The summed E-state index contributed by atoms with van der Waals surface area (Å²) in [5.74, 6) is -1.20. The summed E-state index contributed by atoms with van der Waals surface area (Å²) in [6.45, 7) is 1.72. The highest BCUT2D eigenvalue weighted by Crippen LogP contribution is 2.26. The van der Waals surface area contributed by atoms with Crippen LogP contribution in [-0.4, -0.2) is 24.5 Å². The Hall–Kier alpha value is -1.93. The predicted molar refractivity (Wildman–Crippen MR) is 80.9 cm³/mol. The van der Waals surface area contributed by atoms with Crippen molar-refractivity contribution < 1.29 is 18.3 Å². The predicted octanol–water partition coefficient (Wildman–Crippen LogP) is 2.65. The molecule has 0 atom stereocenters. The van der Waals surface area contributed by atoms with Gasteiger partial charge < -0.3 is 5.11 Å². The summed E-state index contributed by atoms with van der Waals surface area (Å²) in [6, 6.07) is 5.34. The number of benzene rings is 1. The van der Waals surface area contributed by atoms with E-state index in [-0.39, 0.29) is 14.9 Å². The number of halogens is 1. The lowest BCUT2D eigenvalue weighted by atomic mass is 10.2. The van der Waals surface area contributed by atoms with Gasteiger partial charge in [0.1, 0.15) is 4.90 Å². The first-order chi connectivity index (χ1) is 9.81. The van der Waals surface area contributed by atoms with Gasteiger partial charge in [-0.25, -0.2) is 13.2 Å². The molecule has 0 bridgehead atoms. The highest BCUT2D eigenvalue weighted by atomic mass is 79.9. The molecule has 21 heavy (non-hydrogen) atoms. The Kier molecular flexibility index (Phi) is 4.29. The minimum atomic E-state index is -3.91. The fourth-order valence-corrected chi connectivity index (χ4v) is 3.75. The smallest absolute Gasteiger partial charge is 0.335 e. The van der Waals surface area contributed by atoms with Gasteiger partial charge in [0, 0.05) is 16.9 Å². The van der Waals surface area contributed by atoms with Gasteiger partial charge in [-0.05, 0) is 52.7 Å². The highest BCUT2D eigenvalue weighted by Gasteiger charge is 2.20. The molecular formula is C13H11BrN2O4S. The van der Waals surface area contributed by atoms with Crippen molar-refractivity contribution in [1.29, 1.82) is 0 Å². The number of nitrogens with zero attached hydrogens (tertiary/aromatic N) is 1. The van der Waals surface area contributed by atoms with Crippen LogP contribution in [0.2, 0.25) is 0 Å². The number of aromatic carboxylic acids is 1. The van der Waals surface area contributed by atoms with E-state index >= 15 is 0 Å². The molecule has 8 heteroatoms. The fourth-order valence-electron chi connectivity index (χ4n) is 1.63. The summed E-state index contributed by atoms with van der Waals surface area (Å²) in [5, 5.41) is 8.96. The second-order valence-electron chi connectivity index (χ2n) is 4.25. The zero-order valence-electron chi connectivity index (χ0n) is 10.9. The second-order valence-corrected chi connectivity index (χ2v) is 6.75. The number of aromatic nitrogens is 1. The van der Waals surface area contributed by atoms with Crippen LogP contribution in [0, 0.1) is 6.92 Å². The molecule has 0 aliphatic rings. The number of carboxylic acids is 1. The largest absolute Gasteiger partial charge is 0.478 e. The molecule has 2 aromatic rings. The summed E-state index contributed by atoms with van der Waals surface area (Å²) in [7, 11) is -3.91. The Morgan fingerprint density at radius 1 is 1.33 bits per heavy atom. The molecule has 2 rings (SSSR count). The Morgan fingerprint density at radius 3 is 2.67 bits per heavy atom. The summed E-state index contributed by atoms with van der Waals surface area (Å²) in [6.07, 6.45) is 2.99. The van der Waals surface area contributed by atoms with E-state index in [9.17, 15) is 13.2 Å². The molecule has 1 heterocycles. The van der Waals surface area contributed by atoms with Crippen molar-refractivity contribution in [3.63, 3.8) is 0 Å². The van der Waals surface area contributed by atoms with Crippen molar-refractivity contribution >= 4 is 37.6 Å². The number of sulfonamides is 1. The number of carboxylic acid groups (broad SMARTS) is 1. The lowest BCUT2D eigenvalue weighted by Gasteiger charge is -2.11. The van der Waals surface area contributed by atoms with Crippen molar-refractivity contribution in [2.24, 2.45) is 0 Å². The summed E-state index contributed by atoms with van der Waals surface area (Å²) in [5.41, 5.74) is 0.939. The topological polar surface area (TPSA) is 96.4 Å². The van der Waals surface area contributed by atoms with Gasteiger partial charge in [-0.3, -0.25) is 9.71 Å². The van der Waals surface area contributed by atoms with Crippen LogP contribution in [0.3, 0.4) is 0 Å². The van der Waals surface area contributed by atoms with Gasteiger partial charge in [0.25, 0.3) is 10.0 Å². The molecule has 0 aliphatic heterocycles. The number of hydrogen-bond acceptors (Lipinski definition) is 4. The van der Waals surface area contributed by atoms with Crippen LogP contribution >= 0.6 is 15.9 Å². The molecule has 0 saturated carbocycles. The number of hydrogen-bond donors (Lipinski definition) is 2. The van der Waals surface area contributed by atoms with Crippen LogP contribution < -0.4 is 4.72 Å². The van der Waals surface area contributed by atoms with E-state index in [2.05, 4.69) is 25.6 Å². The number of aryl methyl sites for hydroxylation is 1. The van der Waals surface area contributed by atoms with Crippen LogP contribution in [0.5, 0.6) is 0 Å². The maximum absolute atomic E-state index is 12.4. The van der Waals surface area contributed by atoms with Crippen molar-refractivity contribution in [3.8, 4) is 0 Å². The van der Waals surface area contributed by atoms with Crippen LogP contribution in [0.1, 0.15) is 15.9 Å². The lowest BCUT2D eigenvalue weighted by Crippen LogP contribution is -2.15. The third-order valence-corrected chi connectivity index (χ3v) is 5.09. The first kappa shape index (κ1) is 15.5. The van der Waals surface area contributed by atoms with E-state index in [0.29, 0.717) is 11.3 Å². The molecule has 0 spiro atoms. The maximum Gasteiger partial charge on any atom is 0.335 e. The van der Waals surface area contributed by atoms with Gasteiger partial charge in [0.2, 0.25) is 0 Å². The van der Waals surface area contributed by atoms with Crippen LogP contribution in [0.25, 0.3) is 0 Å². The third-order valence-electron chi connectivity index (χ3n) is 2.73. The zero-order valence-corrected chi connectivity index (χ0v) is 13.3. The maximum atomic E-state index is 12.4. The lowest BCUT2D eigenvalue weighted by molar-refractivity contribution is 0.0696. The van der Waals surface area contributed by atoms with Gasteiger partial charge >= 0.3 is 5.97 Å². The van der Waals surface area contributed by atoms with E-state index in [1.54, 1.807) is 6.92 Å². The molecule has 1 aromatic heterocycles. The molecule has 1 aromatic carbocycles. The molecule has 0 unspecified atom stereocenters. The number of nitrogens with one attached hydrogen (secondary N) is 1. The third kappa shape index (κ3) is 3.40. The van der Waals surface area contributed by atoms with E-state index < -0.39 is 16.0 Å². The molecule has 2 N–H and O–H groups in total. The first-order valence-electron chi connectivity index (χ1n) is 5.77. The average molecular weight is 371 g/mol. The molecule has 6 nitrogen and oxygen atoms in total. The van der Waals surface area contributed by atoms with E-state index in [1.165, 1.54) is 30.6 Å². The van der Waals surface area contributed by atoms with Gasteiger partial charge in [0.05, 0.1) is 11.3 Å². The van der Waals surface area contributed by atoms with E-state index in [1.807, 2.05) is 0 Å². The minimum Gasteiger partial charge on any atom is -0.478 e. The van der Waals surface area contributed by atoms with Gasteiger partial charge in [-0.15, -0.1) is 0 Å². The van der Waals surface area contributed by atoms with Gasteiger partial charge in [-0.1, -0.05) is 0 Å². The summed E-state index contributed by atoms with van der Waals surface area (Å²) >= 11 is 3.12. The molecule has 0 saturated heterocycles. The quantitative estimate of drug-likeness (QED) is 0.862. The number of carbonyl (C=O) groups is 1. The van der Waals surface area contributed by atoms with Crippen molar-refractivity contribution in [3.05, 3.63) is 52.3 Å². The van der Waals surface area contributed by atoms with Crippen molar-refractivity contribution in [2.45, 2.75) is 11.8 Å². The van der Waals surface area contributed by atoms with Crippen molar-refractivity contribution in [2.75, 3.05) is 4.72 Å². The Bertz CT molecular complexity index is 806. The Morgan fingerprint density at radius 2 is 2.05 bits per heavy atom.